The van der Waals surface area contributed by atoms with Crippen LogP contribution >= 0.6 is 11.8 Å². The highest BCUT2D eigenvalue weighted by atomic mass is 32.2. The number of sulfone groups is 1. The number of benzene rings is 2. The number of hydrogen-bond donors (Lipinski definition) is 1. The summed E-state index contributed by atoms with van der Waals surface area (Å²) >= 11 is 1.35. The molecule has 0 spiro atoms. The maximum absolute atomic E-state index is 12.5. The molecule has 152 valence electrons. The van der Waals surface area contributed by atoms with Crippen molar-refractivity contribution >= 4 is 44.0 Å². The standard InChI is InChI=1S/C21H23N3O3S2/c1-2-15-8-6-7-11-17(15)22-20(25)12-28-21-23-18-13-29(26,27)14-19(18)24(21)16-9-4-3-5-10-16/h3-11,18-19H,2,12-14H2,1H3,(H,22,25). The molecule has 2 aliphatic heterocycles. The second kappa shape index (κ2) is 8.20. The van der Waals surface area contributed by atoms with E-state index >= 15 is 0 Å². The Hall–Kier alpha value is -2.32. The van der Waals surface area contributed by atoms with Gasteiger partial charge in [-0.1, -0.05) is 55.1 Å². The molecule has 2 heterocycles. The number of anilines is 2. The number of carbonyl (C=O) groups excluding carboxylic acids is 1. The first-order chi connectivity index (χ1) is 14.0. The molecule has 0 radical (unpaired) electrons. The van der Waals surface area contributed by atoms with Crippen LogP contribution in [0, 0.1) is 0 Å². The van der Waals surface area contributed by atoms with Crippen LogP contribution in [0.2, 0.25) is 0 Å². The normalized spacial score (nSPS) is 22.2. The van der Waals surface area contributed by atoms with Gasteiger partial charge in [0.2, 0.25) is 5.91 Å². The Morgan fingerprint density at radius 3 is 2.62 bits per heavy atom. The zero-order valence-corrected chi connectivity index (χ0v) is 17.7. The van der Waals surface area contributed by atoms with Crippen molar-refractivity contribution in [1.29, 1.82) is 0 Å². The zero-order chi connectivity index (χ0) is 20.4. The van der Waals surface area contributed by atoms with E-state index in [1.165, 1.54) is 11.8 Å². The Bertz CT molecular complexity index is 1040. The van der Waals surface area contributed by atoms with Crippen LogP contribution in [0.4, 0.5) is 11.4 Å². The number of nitrogens with one attached hydrogen (secondary N) is 1. The lowest BCUT2D eigenvalue weighted by Gasteiger charge is -2.26. The van der Waals surface area contributed by atoms with Crippen molar-refractivity contribution < 1.29 is 13.2 Å². The Balaban J connectivity index is 1.49. The van der Waals surface area contributed by atoms with Crippen LogP contribution < -0.4 is 10.2 Å². The molecule has 6 nitrogen and oxygen atoms in total. The topological polar surface area (TPSA) is 78.8 Å². The predicted molar refractivity (Wildman–Crippen MR) is 119 cm³/mol. The molecular formula is C21H23N3O3S2. The lowest BCUT2D eigenvalue weighted by Crippen LogP contribution is -2.39. The van der Waals surface area contributed by atoms with Gasteiger partial charge in [-0.25, -0.2) is 8.42 Å². The fourth-order valence-electron chi connectivity index (χ4n) is 3.79. The summed E-state index contributed by atoms with van der Waals surface area (Å²) in [5, 5.41) is 3.68. The van der Waals surface area contributed by atoms with Gasteiger partial charge < -0.3 is 10.2 Å². The van der Waals surface area contributed by atoms with Gasteiger partial charge in [0.15, 0.2) is 15.0 Å². The molecule has 0 aromatic heterocycles. The zero-order valence-electron chi connectivity index (χ0n) is 16.1. The predicted octanol–water partition coefficient (Wildman–Crippen LogP) is 2.96. The van der Waals surface area contributed by atoms with Gasteiger partial charge in [0.1, 0.15) is 0 Å². The van der Waals surface area contributed by atoms with Crippen LogP contribution in [-0.2, 0) is 21.1 Å². The number of para-hydroxylation sites is 2. The quantitative estimate of drug-likeness (QED) is 0.791. The first-order valence-corrected chi connectivity index (χ1v) is 12.4. The Morgan fingerprint density at radius 2 is 1.86 bits per heavy atom. The second-order valence-corrected chi connectivity index (χ2v) is 10.3. The molecule has 29 heavy (non-hydrogen) atoms. The number of thioether (sulfide) groups is 1. The molecule has 1 saturated heterocycles. The highest BCUT2D eigenvalue weighted by Gasteiger charge is 2.47. The van der Waals surface area contributed by atoms with Gasteiger partial charge in [0.25, 0.3) is 0 Å². The molecule has 1 amide bonds. The Kier molecular flexibility index (Phi) is 5.65. The number of aryl methyl sites for hydroxylation is 1. The van der Waals surface area contributed by atoms with E-state index in [1.54, 1.807) is 0 Å². The number of amides is 1. The largest absolute Gasteiger partial charge is 0.325 e. The third-order valence-corrected chi connectivity index (χ3v) is 7.81. The highest BCUT2D eigenvalue weighted by molar-refractivity contribution is 8.14. The third-order valence-electron chi connectivity index (χ3n) is 5.15. The maximum Gasteiger partial charge on any atom is 0.234 e. The summed E-state index contributed by atoms with van der Waals surface area (Å²) in [7, 11) is -3.09. The number of rotatable bonds is 5. The first kappa shape index (κ1) is 20.0. The number of amidine groups is 1. The van der Waals surface area contributed by atoms with Gasteiger partial charge in [0.05, 0.1) is 29.3 Å². The molecule has 0 saturated carbocycles. The maximum atomic E-state index is 12.5. The molecule has 0 aliphatic carbocycles. The van der Waals surface area contributed by atoms with E-state index in [9.17, 15) is 13.2 Å². The van der Waals surface area contributed by atoms with Gasteiger partial charge in [-0.2, -0.15) is 0 Å². The third kappa shape index (κ3) is 4.33. The monoisotopic (exact) mass is 429 g/mol. The van der Waals surface area contributed by atoms with E-state index in [0.717, 1.165) is 23.4 Å². The van der Waals surface area contributed by atoms with Gasteiger partial charge in [-0.05, 0) is 30.2 Å². The molecule has 2 aromatic carbocycles. The van der Waals surface area contributed by atoms with Crippen molar-refractivity contribution in [2.75, 3.05) is 27.5 Å². The van der Waals surface area contributed by atoms with E-state index in [0.29, 0.717) is 5.17 Å². The lowest BCUT2D eigenvalue weighted by molar-refractivity contribution is -0.113. The van der Waals surface area contributed by atoms with Gasteiger partial charge in [-0.3, -0.25) is 9.79 Å². The fourth-order valence-corrected chi connectivity index (χ4v) is 6.56. The number of fused-ring (bicyclic) bond motifs is 1. The molecule has 8 heteroatoms. The van der Waals surface area contributed by atoms with Crippen molar-refractivity contribution in [3.63, 3.8) is 0 Å². The Morgan fingerprint density at radius 1 is 1.14 bits per heavy atom. The van der Waals surface area contributed by atoms with Gasteiger partial charge >= 0.3 is 0 Å². The minimum Gasteiger partial charge on any atom is -0.325 e. The summed E-state index contributed by atoms with van der Waals surface area (Å²) in [6.07, 6.45) is 0.843. The summed E-state index contributed by atoms with van der Waals surface area (Å²) in [6, 6.07) is 16.9. The summed E-state index contributed by atoms with van der Waals surface area (Å²) < 4.78 is 24.2. The van der Waals surface area contributed by atoms with Crippen molar-refractivity contribution in [3.05, 3.63) is 60.2 Å². The van der Waals surface area contributed by atoms with Crippen LogP contribution in [0.1, 0.15) is 12.5 Å². The summed E-state index contributed by atoms with van der Waals surface area (Å²) in [5.74, 6) is 0.278. The molecular weight excluding hydrogens is 406 g/mol. The average Bonchev–Trinajstić information content (AvgIpc) is 3.18. The molecule has 0 bridgehead atoms. The molecule has 1 fully saturated rings. The van der Waals surface area contributed by atoms with Crippen molar-refractivity contribution in [2.45, 2.75) is 25.4 Å². The molecule has 2 aromatic rings. The van der Waals surface area contributed by atoms with E-state index in [1.807, 2.05) is 59.5 Å². The number of aliphatic imine (C=N–C) groups is 1. The molecule has 1 N–H and O–H groups in total. The Labute approximate surface area is 175 Å². The second-order valence-electron chi connectivity index (χ2n) is 7.18. The highest BCUT2D eigenvalue weighted by Crippen LogP contribution is 2.35. The van der Waals surface area contributed by atoms with Crippen LogP contribution in [0.3, 0.4) is 0 Å². The van der Waals surface area contributed by atoms with Crippen LogP contribution in [0.25, 0.3) is 0 Å². The smallest absolute Gasteiger partial charge is 0.234 e. The lowest BCUT2D eigenvalue weighted by atomic mass is 10.1. The van der Waals surface area contributed by atoms with E-state index < -0.39 is 9.84 Å². The van der Waals surface area contributed by atoms with E-state index in [-0.39, 0.29) is 35.2 Å². The number of hydrogen-bond acceptors (Lipinski definition) is 6. The molecule has 4 rings (SSSR count). The van der Waals surface area contributed by atoms with Gasteiger partial charge in [0, 0.05) is 11.4 Å². The van der Waals surface area contributed by atoms with Crippen LogP contribution in [-0.4, -0.2) is 48.8 Å². The van der Waals surface area contributed by atoms with Crippen molar-refractivity contribution in [1.82, 2.24) is 0 Å². The molecule has 2 aliphatic rings. The number of nitrogens with zero attached hydrogens (tertiary/aromatic N) is 2. The average molecular weight is 430 g/mol. The first-order valence-electron chi connectivity index (χ1n) is 9.60. The van der Waals surface area contributed by atoms with E-state index in [4.69, 9.17) is 0 Å². The van der Waals surface area contributed by atoms with Crippen LogP contribution in [0.5, 0.6) is 0 Å². The van der Waals surface area contributed by atoms with E-state index in [2.05, 4.69) is 17.2 Å². The number of carbonyl (C=O) groups is 1. The van der Waals surface area contributed by atoms with Crippen LogP contribution in [0.15, 0.2) is 59.6 Å². The minimum absolute atomic E-state index is 0.0706. The molecule has 2 atom stereocenters. The summed E-state index contributed by atoms with van der Waals surface area (Å²) in [6.45, 7) is 2.05. The SMILES string of the molecule is CCc1ccccc1NC(=O)CSC1=NC2CS(=O)(=O)CC2N1c1ccccc1. The summed E-state index contributed by atoms with van der Waals surface area (Å²) in [4.78, 5) is 19.2. The molecule has 2 unspecified atom stereocenters. The minimum atomic E-state index is -3.09. The van der Waals surface area contributed by atoms with Crippen molar-refractivity contribution in [2.24, 2.45) is 4.99 Å². The summed E-state index contributed by atoms with van der Waals surface area (Å²) in [5.41, 5.74) is 2.83. The van der Waals surface area contributed by atoms with Crippen molar-refractivity contribution in [3.8, 4) is 0 Å². The fraction of sp³-hybridized carbons (Fsp3) is 0.333. The van der Waals surface area contributed by atoms with Gasteiger partial charge in [-0.15, -0.1) is 0 Å².